The van der Waals surface area contributed by atoms with Crippen molar-refractivity contribution in [1.29, 1.82) is 0 Å². The fourth-order valence-corrected chi connectivity index (χ4v) is 1.48. The molecule has 0 unspecified atom stereocenters. The van der Waals surface area contributed by atoms with Gasteiger partial charge in [-0.1, -0.05) is 5.57 Å². The Balaban J connectivity index is 2.52. The van der Waals surface area contributed by atoms with Gasteiger partial charge in [-0.05, 0) is 13.3 Å². The number of allylic oxidation sites excluding steroid dienone is 2. The SMILES string of the molecule is CC1=C(CF)n2cnnc2CC1. The normalized spacial score (nSPS) is 16.5. The van der Waals surface area contributed by atoms with Crippen LogP contribution in [0.2, 0.25) is 0 Å². The lowest BCUT2D eigenvalue weighted by molar-refractivity contribution is 0.548. The number of alkyl halides is 1. The average Bonchev–Trinajstić information content (AvgIpc) is 2.52. The molecule has 0 aliphatic carbocycles. The summed E-state index contributed by atoms with van der Waals surface area (Å²) in [6.45, 7) is 1.52. The van der Waals surface area contributed by atoms with Crippen LogP contribution in [0.5, 0.6) is 0 Å². The third kappa shape index (κ3) is 0.948. The lowest BCUT2D eigenvalue weighted by Crippen LogP contribution is -2.11. The van der Waals surface area contributed by atoms with Crippen molar-refractivity contribution in [2.24, 2.45) is 0 Å². The summed E-state index contributed by atoms with van der Waals surface area (Å²) < 4.78 is 14.3. The maximum absolute atomic E-state index is 12.6. The molecule has 0 aromatic carbocycles. The molecule has 1 aromatic rings. The summed E-state index contributed by atoms with van der Waals surface area (Å²) in [6.07, 6.45) is 3.35. The van der Waals surface area contributed by atoms with E-state index in [4.69, 9.17) is 0 Å². The maximum atomic E-state index is 12.6. The van der Waals surface area contributed by atoms with Gasteiger partial charge >= 0.3 is 0 Å². The number of fused-ring (bicyclic) bond motifs is 1. The standard InChI is InChI=1S/C8H10FN3/c1-6-2-3-8-11-10-5-12(8)7(6)4-9/h5H,2-4H2,1H3. The Morgan fingerprint density at radius 2 is 2.42 bits per heavy atom. The summed E-state index contributed by atoms with van der Waals surface area (Å²) >= 11 is 0. The van der Waals surface area contributed by atoms with Crippen LogP contribution in [-0.2, 0) is 6.42 Å². The summed E-state index contributed by atoms with van der Waals surface area (Å²) in [6, 6.07) is 0. The minimum Gasteiger partial charge on any atom is -0.287 e. The minimum atomic E-state index is -0.434. The van der Waals surface area contributed by atoms with Crippen LogP contribution in [0.15, 0.2) is 11.9 Å². The van der Waals surface area contributed by atoms with Crippen molar-refractivity contribution < 1.29 is 4.39 Å². The van der Waals surface area contributed by atoms with Crippen molar-refractivity contribution in [2.75, 3.05) is 6.67 Å². The van der Waals surface area contributed by atoms with Gasteiger partial charge in [-0.15, -0.1) is 10.2 Å². The first-order valence-corrected chi connectivity index (χ1v) is 3.97. The lowest BCUT2D eigenvalue weighted by Gasteiger charge is -2.16. The Labute approximate surface area is 69.9 Å². The zero-order chi connectivity index (χ0) is 8.55. The zero-order valence-corrected chi connectivity index (χ0v) is 6.92. The van der Waals surface area contributed by atoms with Crippen molar-refractivity contribution in [1.82, 2.24) is 14.8 Å². The van der Waals surface area contributed by atoms with Crippen LogP contribution >= 0.6 is 0 Å². The highest BCUT2D eigenvalue weighted by Gasteiger charge is 2.16. The van der Waals surface area contributed by atoms with Crippen molar-refractivity contribution in [3.63, 3.8) is 0 Å². The lowest BCUT2D eigenvalue weighted by atomic mass is 10.1. The van der Waals surface area contributed by atoms with Gasteiger partial charge in [0, 0.05) is 6.42 Å². The zero-order valence-electron chi connectivity index (χ0n) is 6.92. The molecule has 2 rings (SSSR count). The first kappa shape index (κ1) is 7.46. The van der Waals surface area contributed by atoms with E-state index >= 15 is 0 Å². The number of hydrogen-bond acceptors (Lipinski definition) is 2. The third-order valence-electron chi connectivity index (χ3n) is 2.25. The molecule has 0 saturated heterocycles. The molecule has 1 aliphatic rings. The van der Waals surface area contributed by atoms with Crippen molar-refractivity contribution in [3.8, 4) is 0 Å². The second-order valence-corrected chi connectivity index (χ2v) is 2.98. The van der Waals surface area contributed by atoms with Crippen LogP contribution in [0.25, 0.3) is 5.70 Å². The first-order chi connectivity index (χ1) is 5.83. The quantitative estimate of drug-likeness (QED) is 0.633. The second-order valence-electron chi connectivity index (χ2n) is 2.98. The number of halogens is 1. The Bertz CT molecular complexity index is 327. The molecule has 4 heteroatoms. The minimum absolute atomic E-state index is 0.434. The molecule has 1 aliphatic heterocycles. The molecule has 2 heterocycles. The predicted molar refractivity (Wildman–Crippen MR) is 43.2 cm³/mol. The van der Waals surface area contributed by atoms with Gasteiger partial charge in [0.25, 0.3) is 0 Å². The van der Waals surface area contributed by atoms with Gasteiger partial charge in [-0.2, -0.15) is 0 Å². The maximum Gasteiger partial charge on any atom is 0.137 e. The molecule has 3 nitrogen and oxygen atoms in total. The highest BCUT2D eigenvalue weighted by molar-refractivity contribution is 5.52. The largest absolute Gasteiger partial charge is 0.287 e. The van der Waals surface area contributed by atoms with Crippen molar-refractivity contribution >= 4 is 5.70 Å². The molecule has 0 spiro atoms. The Hall–Kier alpha value is -1.19. The van der Waals surface area contributed by atoms with E-state index in [0.29, 0.717) is 5.70 Å². The summed E-state index contributed by atoms with van der Waals surface area (Å²) in [5.41, 5.74) is 1.81. The number of aryl methyl sites for hydroxylation is 1. The number of aromatic nitrogens is 3. The average molecular weight is 167 g/mol. The van der Waals surface area contributed by atoms with Gasteiger partial charge < -0.3 is 0 Å². The van der Waals surface area contributed by atoms with Crippen LogP contribution in [0.4, 0.5) is 4.39 Å². The van der Waals surface area contributed by atoms with E-state index < -0.39 is 6.67 Å². The molecule has 0 bridgehead atoms. The summed E-state index contributed by atoms with van der Waals surface area (Å²) in [5.74, 6) is 0.869. The van der Waals surface area contributed by atoms with E-state index in [0.717, 1.165) is 24.2 Å². The van der Waals surface area contributed by atoms with E-state index in [2.05, 4.69) is 10.2 Å². The fourth-order valence-electron chi connectivity index (χ4n) is 1.48. The number of hydrogen-bond donors (Lipinski definition) is 0. The predicted octanol–water partition coefficient (Wildman–Crippen LogP) is 1.42. The molecule has 1 aromatic heterocycles. The topological polar surface area (TPSA) is 30.7 Å². The Kier molecular flexibility index (Phi) is 1.67. The van der Waals surface area contributed by atoms with E-state index in [9.17, 15) is 4.39 Å². The third-order valence-corrected chi connectivity index (χ3v) is 2.25. The highest BCUT2D eigenvalue weighted by atomic mass is 19.1. The van der Waals surface area contributed by atoms with Gasteiger partial charge in [0.15, 0.2) is 0 Å². The highest BCUT2D eigenvalue weighted by Crippen LogP contribution is 2.22. The molecule has 12 heavy (non-hydrogen) atoms. The van der Waals surface area contributed by atoms with Crippen molar-refractivity contribution in [3.05, 3.63) is 17.7 Å². The Morgan fingerprint density at radius 3 is 3.17 bits per heavy atom. The number of nitrogens with zero attached hydrogens (tertiary/aromatic N) is 3. The molecule has 64 valence electrons. The first-order valence-electron chi connectivity index (χ1n) is 3.97. The van der Waals surface area contributed by atoms with Gasteiger partial charge in [-0.3, -0.25) is 4.57 Å². The van der Waals surface area contributed by atoms with Crippen molar-refractivity contribution in [2.45, 2.75) is 19.8 Å². The fraction of sp³-hybridized carbons (Fsp3) is 0.500. The molecule has 0 amide bonds. The molecule has 0 fully saturated rings. The number of rotatable bonds is 1. The van der Waals surface area contributed by atoms with E-state index in [1.807, 2.05) is 6.92 Å². The molecule has 0 N–H and O–H groups in total. The van der Waals surface area contributed by atoms with Crippen LogP contribution in [0.3, 0.4) is 0 Å². The monoisotopic (exact) mass is 167 g/mol. The summed E-state index contributed by atoms with van der Waals surface area (Å²) in [7, 11) is 0. The van der Waals surface area contributed by atoms with E-state index in [1.54, 1.807) is 10.9 Å². The molecule has 0 radical (unpaired) electrons. The molecular weight excluding hydrogens is 157 g/mol. The summed E-state index contributed by atoms with van der Waals surface area (Å²) in [4.78, 5) is 0. The van der Waals surface area contributed by atoms with Crippen LogP contribution in [0.1, 0.15) is 19.2 Å². The van der Waals surface area contributed by atoms with Gasteiger partial charge in [0.05, 0.1) is 5.70 Å². The molecule has 0 atom stereocenters. The van der Waals surface area contributed by atoms with Crippen LogP contribution in [-0.4, -0.2) is 21.4 Å². The Morgan fingerprint density at radius 1 is 1.58 bits per heavy atom. The van der Waals surface area contributed by atoms with Gasteiger partial charge in [0.2, 0.25) is 0 Å². The van der Waals surface area contributed by atoms with Gasteiger partial charge in [-0.25, -0.2) is 4.39 Å². The molecular formula is C8H10FN3. The smallest absolute Gasteiger partial charge is 0.137 e. The van der Waals surface area contributed by atoms with Crippen LogP contribution < -0.4 is 0 Å². The van der Waals surface area contributed by atoms with E-state index in [1.165, 1.54) is 0 Å². The van der Waals surface area contributed by atoms with Gasteiger partial charge in [0.1, 0.15) is 18.8 Å². The molecule has 0 saturated carbocycles. The second kappa shape index (κ2) is 2.69. The van der Waals surface area contributed by atoms with Crippen LogP contribution in [0, 0.1) is 0 Å². The van der Waals surface area contributed by atoms with E-state index in [-0.39, 0.29) is 0 Å². The summed E-state index contributed by atoms with van der Waals surface area (Å²) in [5, 5.41) is 7.65.